The van der Waals surface area contributed by atoms with Gasteiger partial charge in [0.25, 0.3) is 0 Å². The lowest BCUT2D eigenvalue weighted by Gasteiger charge is -2.31. The van der Waals surface area contributed by atoms with Gasteiger partial charge in [-0.15, -0.1) is 11.3 Å². The first-order chi connectivity index (χ1) is 10.0. The molecule has 5 nitrogen and oxygen atoms in total. The SMILES string of the molecule is CC1(C(=O)O)CCCN1C(=O)Nc1ccc2sccc2c1. The highest BCUT2D eigenvalue weighted by atomic mass is 32.1. The van der Waals surface area contributed by atoms with Crippen molar-refractivity contribution < 1.29 is 14.7 Å². The number of carbonyl (C=O) groups is 2. The number of nitrogens with one attached hydrogen (secondary N) is 1. The first-order valence-corrected chi connectivity index (χ1v) is 7.68. The number of nitrogens with zero attached hydrogens (tertiary/aromatic N) is 1. The van der Waals surface area contributed by atoms with Gasteiger partial charge in [-0.2, -0.15) is 0 Å². The van der Waals surface area contributed by atoms with Crippen LogP contribution in [0.25, 0.3) is 10.1 Å². The maximum atomic E-state index is 12.4. The standard InChI is InChI=1S/C15H16N2O3S/c1-15(13(18)19)6-2-7-17(15)14(20)16-11-3-4-12-10(9-11)5-8-21-12/h3-5,8-9H,2,6-7H2,1H3,(H,16,20)(H,18,19). The molecule has 0 spiro atoms. The van der Waals surface area contributed by atoms with Gasteiger partial charge in [0, 0.05) is 16.9 Å². The van der Waals surface area contributed by atoms with Gasteiger partial charge in [-0.25, -0.2) is 9.59 Å². The number of urea groups is 1. The van der Waals surface area contributed by atoms with Crippen LogP contribution in [0.1, 0.15) is 19.8 Å². The number of carboxylic acids is 1. The second-order valence-electron chi connectivity index (χ2n) is 5.44. The molecule has 3 rings (SSSR count). The van der Waals surface area contributed by atoms with Crippen molar-refractivity contribution in [1.82, 2.24) is 4.90 Å². The lowest BCUT2D eigenvalue weighted by Crippen LogP contribution is -2.52. The maximum absolute atomic E-state index is 12.4. The number of aliphatic carboxylic acids is 1. The Balaban J connectivity index is 1.80. The Bertz CT molecular complexity index is 712. The summed E-state index contributed by atoms with van der Waals surface area (Å²) in [6, 6.07) is 7.33. The van der Waals surface area contributed by atoms with Gasteiger partial charge < -0.3 is 15.3 Å². The van der Waals surface area contributed by atoms with Crippen LogP contribution in [-0.4, -0.2) is 34.1 Å². The molecule has 0 saturated carbocycles. The lowest BCUT2D eigenvalue weighted by atomic mass is 10.00. The number of amides is 2. The van der Waals surface area contributed by atoms with E-state index in [0.29, 0.717) is 25.1 Å². The predicted octanol–water partition coefficient (Wildman–Crippen LogP) is 3.37. The number of hydrogen-bond donors (Lipinski definition) is 2. The zero-order chi connectivity index (χ0) is 15.0. The summed E-state index contributed by atoms with van der Waals surface area (Å²) in [6.07, 6.45) is 1.19. The van der Waals surface area contributed by atoms with Crippen molar-refractivity contribution >= 4 is 39.1 Å². The zero-order valence-corrected chi connectivity index (χ0v) is 12.4. The van der Waals surface area contributed by atoms with Gasteiger partial charge >= 0.3 is 12.0 Å². The topological polar surface area (TPSA) is 69.6 Å². The van der Waals surface area contributed by atoms with Gasteiger partial charge in [-0.05, 0) is 54.8 Å². The van der Waals surface area contributed by atoms with Crippen LogP contribution in [-0.2, 0) is 4.79 Å². The number of anilines is 1. The van der Waals surface area contributed by atoms with E-state index >= 15 is 0 Å². The molecule has 2 N–H and O–H groups in total. The van der Waals surface area contributed by atoms with Gasteiger partial charge in [0.15, 0.2) is 0 Å². The van der Waals surface area contributed by atoms with Crippen LogP contribution in [0.5, 0.6) is 0 Å². The average Bonchev–Trinajstić information content (AvgIpc) is 3.05. The van der Waals surface area contributed by atoms with E-state index in [1.807, 2.05) is 29.6 Å². The van der Waals surface area contributed by atoms with Crippen molar-refractivity contribution in [2.75, 3.05) is 11.9 Å². The van der Waals surface area contributed by atoms with Gasteiger partial charge in [-0.1, -0.05) is 0 Å². The quantitative estimate of drug-likeness (QED) is 0.893. The molecule has 110 valence electrons. The first-order valence-electron chi connectivity index (χ1n) is 6.80. The third-order valence-corrected chi connectivity index (χ3v) is 4.95. The molecule has 1 aromatic carbocycles. The number of carboxylic acid groups (broad SMARTS) is 1. The molecule has 0 radical (unpaired) electrons. The number of likely N-dealkylation sites (tertiary alicyclic amines) is 1. The molecule has 1 aliphatic heterocycles. The molecule has 2 heterocycles. The Hall–Kier alpha value is -2.08. The largest absolute Gasteiger partial charge is 0.480 e. The smallest absolute Gasteiger partial charge is 0.329 e. The molecule has 1 aromatic heterocycles. The minimum Gasteiger partial charge on any atom is -0.480 e. The molecule has 2 aromatic rings. The van der Waals surface area contributed by atoms with E-state index in [2.05, 4.69) is 5.32 Å². The van der Waals surface area contributed by atoms with Crippen LogP contribution in [0.2, 0.25) is 0 Å². The second kappa shape index (κ2) is 5.04. The van der Waals surface area contributed by atoms with Crippen molar-refractivity contribution in [3.8, 4) is 0 Å². The molecule has 1 aliphatic rings. The molecule has 2 amide bonds. The summed E-state index contributed by atoms with van der Waals surface area (Å²) >= 11 is 1.64. The maximum Gasteiger partial charge on any atom is 0.329 e. The lowest BCUT2D eigenvalue weighted by molar-refractivity contribution is -0.146. The highest BCUT2D eigenvalue weighted by Crippen LogP contribution is 2.30. The summed E-state index contributed by atoms with van der Waals surface area (Å²) in [5, 5.41) is 15.2. The molecule has 0 aliphatic carbocycles. The molecular formula is C15H16N2O3S. The van der Waals surface area contributed by atoms with E-state index in [9.17, 15) is 14.7 Å². The van der Waals surface area contributed by atoms with Crippen LogP contribution in [0.4, 0.5) is 10.5 Å². The van der Waals surface area contributed by atoms with Crippen LogP contribution < -0.4 is 5.32 Å². The van der Waals surface area contributed by atoms with E-state index in [0.717, 1.165) is 10.1 Å². The normalized spacial score (nSPS) is 21.7. The Morgan fingerprint density at radius 2 is 2.19 bits per heavy atom. The third kappa shape index (κ3) is 2.35. The van der Waals surface area contributed by atoms with Crippen molar-refractivity contribution in [2.45, 2.75) is 25.3 Å². The summed E-state index contributed by atoms with van der Waals surface area (Å²) < 4.78 is 1.16. The first kappa shape index (κ1) is 13.9. The molecule has 21 heavy (non-hydrogen) atoms. The fourth-order valence-corrected chi connectivity index (χ4v) is 3.52. The summed E-state index contributed by atoms with van der Waals surface area (Å²) in [5.74, 6) is -0.955. The van der Waals surface area contributed by atoms with Gasteiger partial charge in [-0.3, -0.25) is 0 Å². The third-order valence-electron chi connectivity index (χ3n) is 4.05. The minimum absolute atomic E-state index is 0.355. The van der Waals surface area contributed by atoms with Gasteiger partial charge in [0.2, 0.25) is 0 Å². The molecule has 1 unspecified atom stereocenters. The highest BCUT2D eigenvalue weighted by molar-refractivity contribution is 7.17. The molecule has 1 saturated heterocycles. The number of carbonyl (C=O) groups excluding carboxylic acids is 1. The monoisotopic (exact) mass is 304 g/mol. The van der Waals surface area contributed by atoms with Crippen molar-refractivity contribution in [3.63, 3.8) is 0 Å². The number of rotatable bonds is 2. The van der Waals surface area contributed by atoms with Gasteiger partial charge in [0.05, 0.1) is 0 Å². The molecular weight excluding hydrogens is 288 g/mol. The number of fused-ring (bicyclic) bond motifs is 1. The number of benzene rings is 1. The van der Waals surface area contributed by atoms with E-state index in [4.69, 9.17) is 0 Å². The van der Waals surface area contributed by atoms with E-state index in [1.54, 1.807) is 18.3 Å². The van der Waals surface area contributed by atoms with Crippen LogP contribution in [0.3, 0.4) is 0 Å². The van der Waals surface area contributed by atoms with Crippen molar-refractivity contribution in [1.29, 1.82) is 0 Å². The zero-order valence-electron chi connectivity index (χ0n) is 11.6. The molecule has 6 heteroatoms. The fraction of sp³-hybridized carbons (Fsp3) is 0.333. The number of thiophene rings is 1. The minimum atomic E-state index is -1.11. The van der Waals surface area contributed by atoms with E-state index in [1.165, 1.54) is 4.90 Å². The Kier molecular flexibility index (Phi) is 3.33. The van der Waals surface area contributed by atoms with Gasteiger partial charge in [0.1, 0.15) is 5.54 Å². The van der Waals surface area contributed by atoms with E-state index in [-0.39, 0.29) is 6.03 Å². The van der Waals surface area contributed by atoms with Crippen LogP contribution in [0, 0.1) is 0 Å². The predicted molar refractivity (Wildman–Crippen MR) is 82.8 cm³/mol. The van der Waals surface area contributed by atoms with Crippen LogP contribution in [0.15, 0.2) is 29.6 Å². The molecule has 1 atom stereocenters. The van der Waals surface area contributed by atoms with Crippen molar-refractivity contribution in [2.24, 2.45) is 0 Å². The Labute approximate surface area is 126 Å². The number of hydrogen-bond acceptors (Lipinski definition) is 3. The molecule has 0 bridgehead atoms. The summed E-state index contributed by atoms with van der Waals surface area (Å²) in [7, 11) is 0. The fourth-order valence-electron chi connectivity index (χ4n) is 2.75. The second-order valence-corrected chi connectivity index (χ2v) is 6.39. The summed E-state index contributed by atoms with van der Waals surface area (Å²) in [6.45, 7) is 2.07. The highest BCUT2D eigenvalue weighted by Gasteiger charge is 2.46. The van der Waals surface area contributed by atoms with E-state index < -0.39 is 11.5 Å². The average molecular weight is 304 g/mol. The summed E-state index contributed by atoms with van der Waals surface area (Å²) in [5.41, 5.74) is -0.429. The Morgan fingerprint density at radius 3 is 2.95 bits per heavy atom. The van der Waals surface area contributed by atoms with Crippen molar-refractivity contribution in [3.05, 3.63) is 29.6 Å². The van der Waals surface area contributed by atoms with Crippen LogP contribution >= 0.6 is 11.3 Å². The Morgan fingerprint density at radius 1 is 1.38 bits per heavy atom. The molecule has 1 fully saturated rings. The summed E-state index contributed by atoms with van der Waals surface area (Å²) in [4.78, 5) is 25.2.